The smallest absolute Gasteiger partial charge is 0.358 e. The van der Waals surface area contributed by atoms with Crippen molar-refractivity contribution in [2.75, 3.05) is 0 Å². The molecule has 0 bridgehead atoms. The molecule has 0 amide bonds. The van der Waals surface area contributed by atoms with Gasteiger partial charge < -0.3 is 9.51 Å². The van der Waals surface area contributed by atoms with E-state index in [0.717, 1.165) is 11.3 Å². The number of carboxylic acid groups (broad SMARTS) is 1. The second-order valence-electron chi connectivity index (χ2n) is 5.73. The molecule has 1 aliphatic carbocycles. The third kappa shape index (κ3) is 2.14. The fraction of sp³-hybridized carbons (Fsp3) is 0.333. The monoisotopic (exact) mass is 297 g/mol. The van der Waals surface area contributed by atoms with Crippen molar-refractivity contribution in [1.82, 2.24) is 24.4 Å². The number of nitrogens with zero attached hydrogens (tertiary/aromatic N) is 5. The molecule has 7 heteroatoms. The van der Waals surface area contributed by atoms with E-state index < -0.39 is 5.97 Å². The molecule has 1 unspecified atom stereocenters. The highest BCUT2D eigenvalue weighted by Gasteiger charge is 2.24. The maximum Gasteiger partial charge on any atom is 0.358 e. The second kappa shape index (κ2) is 4.66. The molecule has 1 saturated carbocycles. The highest BCUT2D eigenvalue weighted by molar-refractivity contribution is 5.84. The number of aromatic nitrogens is 5. The van der Waals surface area contributed by atoms with Gasteiger partial charge in [0.2, 0.25) is 0 Å². The van der Waals surface area contributed by atoms with Crippen molar-refractivity contribution < 1.29 is 9.90 Å². The Labute approximate surface area is 126 Å². The highest BCUT2D eigenvalue weighted by Crippen LogP contribution is 2.39. The van der Waals surface area contributed by atoms with Crippen LogP contribution in [0.4, 0.5) is 0 Å². The van der Waals surface area contributed by atoms with Crippen LogP contribution in [0.3, 0.4) is 0 Å². The lowest BCUT2D eigenvalue weighted by Crippen LogP contribution is -2.08. The summed E-state index contributed by atoms with van der Waals surface area (Å²) in [5.41, 5.74) is 2.99. The summed E-state index contributed by atoms with van der Waals surface area (Å²) in [5.74, 6) is -0.386. The number of carbonyl (C=O) groups is 1. The summed E-state index contributed by atoms with van der Waals surface area (Å²) in [7, 11) is 0. The van der Waals surface area contributed by atoms with Crippen LogP contribution < -0.4 is 0 Å². The molecular weight excluding hydrogens is 282 g/mol. The van der Waals surface area contributed by atoms with Gasteiger partial charge in [-0.1, -0.05) is 11.3 Å². The molecule has 1 fully saturated rings. The minimum Gasteiger partial charge on any atom is -0.476 e. The minimum absolute atomic E-state index is 0.0633. The van der Waals surface area contributed by atoms with Crippen LogP contribution in [0, 0.1) is 0 Å². The SMILES string of the molecule is CC(c1cn2cc(C3CC3)ccc2n1)n1cc(C(=O)O)nn1. The second-order valence-corrected chi connectivity index (χ2v) is 5.73. The summed E-state index contributed by atoms with van der Waals surface area (Å²) in [6.45, 7) is 1.92. The van der Waals surface area contributed by atoms with Crippen LogP contribution in [0.15, 0.2) is 30.7 Å². The van der Waals surface area contributed by atoms with Gasteiger partial charge in [0.15, 0.2) is 5.69 Å². The molecule has 3 heterocycles. The molecule has 1 atom stereocenters. The maximum atomic E-state index is 10.9. The lowest BCUT2D eigenvalue weighted by atomic mass is 10.2. The quantitative estimate of drug-likeness (QED) is 0.797. The van der Waals surface area contributed by atoms with Crippen molar-refractivity contribution >= 4 is 11.6 Å². The summed E-state index contributed by atoms with van der Waals surface area (Å²) in [4.78, 5) is 15.5. The van der Waals surface area contributed by atoms with Gasteiger partial charge in [0, 0.05) is 12.4 Å². The molecular formula is C15H15N5O2. The Hall–Kier alpha value is -2.70. The van der Waals surface area contributed by atoms with Crippen molar-refractivity contribution in [1.29, 1.82) is 0 Å². The normalized spacial score (nSPS) is 16.0. The summed E-state index contributed by atoms with van der Waals surface area (Å²) < 4.78 is 3.54. The standard InChI is InChI=1S/C15H15N5O2/c1-9(20-8-13(15(21)22)17-18-20)12-7-19-6-11(10-2-3-10)4-5-14(19)16-12/h4-10H,2-3H2,1H3,(H,21,22). The van der Waals surface area contributed by atoms with Gasteiger partial charge in [0.1, 0.15) is 5.65 Å². The molecule has 0 saturated heterocycles. The average molecular weight is 297 g/mol. The fourth-order valence-electron chi connectivity index (χ4n) is 2.59. The van der Waals surface area contributed by atoms with E-state index in [1.807, 2.05) is 23.6 Å². The van der Waals surface area contributed by atoms with E-state index in [1.165, 1.54) is 29.3 Å². The van der Waals surface area contributed by atoms with E-state index in [4.69, 9.17) is 5.11 Å². The van der Waals surface area contributed by atoms with E-state index in [2.05, 4.69) is 27.6 Å². The van der Waals surface area contributed by atoms with Crippen LogP contribution in [0.25, 0.3) is 5.65 Å². The predicted molar refractivity (Wildman–Crippen MR) is 78.0 cm³/mol. The van der Waals surface area contributed by atoms with E-state index in [0.29, 0.717) is 5.92 Å². The van der Waals surface area contributed by atoms with Gasteiger partial charge in [-0.2, -0.15) is 0 Å². The molecule has 1 aliphatic rings. The van der Waals surface area contributed by atoms with Crippen molar-refractivity contribution in [3.05, 3.63) is 47.7 Å². The Morgan fingerprint density at radius 3 is 2.82 bits per heavy atom. The molecule has 0 aromatic carbocycles. The number of aromatic carboxylic acids is 1. The van der Waals surface area contributed by atoms with Gasteiger partial charge in [-0.05, 0) is 37.3 Å². The van der Waals surface area contributed by atoms with E-state index >= 15 is 0 Å². The molecule has 1 N–H and O–H groups in total. The van der Waals surface area contributed by atoms with Gasteiger partial charge >= 0.3 is 5.97 Å². The van der Waals surface area contributed by atoms with Gasteiger partial charge in [-0.3, -0.25) is 0 Å². The molecule has 22 heavy (non-hydrogen) atoms. The lowest BCUT2D eigenvalue weighted by Gasteiger charge is -2.06. The fourth-order valence-corrected chi connectivity index (χ4v) is 2.59. The Bertz CT molecular complexity index is 862. The Balaban J connectivity index is 1.68. The maximum absolute atomic E-state index is 10.9. The average Bonchev–Trinajstić information content (AvgIpc) is 3.09. The largest absolute Gasteiger partial charge is 0.476 e. The van der Waals surface area contributed by atoms with Crippen LogP contribution in [0.5, 0.6) is 0 Å². The van der Waals surface area contributed by atoms with Crippen LogP contribution in [0.1, 0.15) is 53.5 Å². The predicted octanol–water partition coefficient (Wildman–Crippen LogP) is 2.11. The van der Waals surface area contributed by atoms with Crippen molar-refractivity contribution in [2.24, 2.45) is 0 Å². The first kappa shape index (κ1) is 13.0. The lowest BCUT2D eigenvalue weighted by molar-refractivity contribution is 0.0690. The number of fused-ring (bicyclic) bond motifs is 1. The first-order valence-electron chi connectivity index (χ1n) is 7.25. The molecule has 4 rings (SSSR count). The van der Waals surface area contributed by atoms with Gasteiger partial charge in [0.25, 0.3) is 0 Å². The number of pyridine rings is 1. The van der Waals surface area contributed by atoms with Crippen molar-refractivity contribution in [3.63, 3.8) is 0 Å². The summed E-state index contributed by atoms with van der Waals surface area (Å²) in [5, 5.41) is 16.4. The van der Waals surface area contributed by atoms with Crippen LogP contribution in [0.2, 0.25) is 0 Å². The zero-order valence-electron chi connectivity index (χ0n) is 12.0. The topological polar surface area (TPSA) is 85.3 Å². The van der Waals surface area contributed by atoms with Crippen LogP contribution in [-0.4, -0.2) is 35.5 Å². The van der Waals surface area contributed by atoms with Crippen molar-refractivity contribution in [3.8, 4) is 0 Å². The molecule has 112 valence electrons. The molecule has 3 aromatic heterocycles. The summed E-state index contributed by atoms with van der Waals surface area (Å²) in [6, 6.07) is 3.98. The van der Waals surface area contributed by atoms with E-state index in [-0.39, 0.29) is 11.7 Å². The Morgan fingerprint density at radius 1 is 1.32 bits per heavy atom. The van der Waals surface area contributed by atoms with Crippen LogP contribution >= 0.6 is 0 Å². The first-order valence-corrected chi connectivity index (χ1v) is 7.25. The number of hydrogen-bond donors (Lipinski definition) is 1. The molecule has 3 aromatic rings. The number of imidazole rings is 1. The number of rotatable bonds is 4. The number of carboxylic acids is 1. The van der Waals surface area contributed by atoms with Crippen molar-refractivity contribution in [2.45, 2.75) is 31.7 Å². The Morgan fingerprint density at radius 2 is 2.14 bits per heavy atom. The third-order valence-electron chi connectivity index (χ3n) is 4.10. The van der Waals surface area contributed by atoms with Gasteiger partial charge in [0.05, 0.1) is 17.9 Å². The molecule has 0 radical (unpaired) electrons. The molecule has 0 spiro atoms. The van der Waals surface area contributed by atoms with Gasteiger partial charge in [-0.25, -0.2) is 14.5 Å². The minimum atomic E-state index is -1.08. The molecule has 0 aliphatic heterocycles. The highest BCUT2D eigenvalue weighted by atomic mass is 16.4. The zero-order valence-corrected chi connectivity index (χ0v) is 12.0. The van der Waals surface area contributed by atoms with E-state index in [9.17, 15) is 4.79 Å². The van der Waals surface area contributed by atoms with Crippen LogP contribution in [-0.2, 0) is 0 Å². The summed E-state index contributed by atoms with van der Waals surface area (Å²) in [6.07, 6.45) is 8.04. The van der Waals surface area contributed by atoms with Gasteiger partial charge in [-0.15, -0.1) is 5.10 Å². The third-order valence-corrected chi connectivity index (χ3v) is 4.10. The number of hydrogen-bond acceptors (Lipinski definition) is 4. The first-order chi connectivity index (χ1) is 10.6. The molecule has 7 nitrogen and oxygen atoms in total. The van der Waals surface area contributed by atoms with E-state index in [1.54, 1.807) is 0 Å². The summed E-state index contributed by atoms with van der Waals surface area (Å²) >= 11 is 0. The zero-order chi connectivity index (χ0) is 15.3. The Kier molecular flexibility index (Phi) is 2.75.